The molecular weight excluding hydrogens is 172 g/mol. The molecule has 0 aliphatic rings. The summed E-state index contributed by atoms with van der Waals surface area (Å²) in [7, 11) is 1.44. The lowest BCUT2D eigenvalue weighted by Gasteiger charge is -2.02. The monoisotopic (exact) mass is 177 g/mol. The van der Waals surface area contributed by atoms with Crippen molar-refractivity contribution in [3.8, 4) is 0 Å². The van der Waals surface area contributed by atoms with Crippen molar-refractivity contribution in [2.75, 3.05) is 12.4 Å². The van der Waals surface area contributed by atoms with Gasteiger partial charge in [0.15, 0.2) is 11.6 Å². The van der Waals surface area contributed by atoms with Gasteiger partial charge in [0.05, 0.1) is 0 Å². The molecule has 0 unspecified atom stereocenters. The summed E-state index contributed by atoms with van der Waals surface area (Å²) in [5, 5.41) is 2.44. The molecule has 0 saturated heterocycles. The van der Waals surface area contributed by atoms with E-state index in [0.29, 0.717) is 0 Å². The summed E-state index contributed by atoms with van der Waals surface area (Å²) in [6, 6.07) is 2.10. The number of rotatable bonds is 1. The van der Waals surface area contributed by atoms with E-state index in [1.54, 1.807) is 0 Å². The van der Waals surface area contributed by atoms with Gasteiger partial charge in [0.1, 0.15) is 5.69 Å². The summed E-state index contributed by atoms with van der Waals surface area (Å²) < 4.78 is 25.4. The van der Waals surface area contributed by atoms with Gasteiger partial charge >= 0.3 is 0 Å². The molecule has 1 nitrogen and oxygen atoms in total. The molecule has 60 valence electrons. The third kappa shape index (κ3) is 1.60. The minimum absolute atomic E-state index is 0.0546. The Morgan fingerprint density at radius 3 is 2.09 bits per heavy atom. The highest BCUT2D eigenvalue weighted by Crippen LogP contribution is 2.22. The van der Waals surface area contributed by atoms with Gasteiger partial charge in [-0.15, -0.1) is 0 Å². The van der Waals surface area contributed by atoms with Crippen molar-refractivity contribution < 1.29 is 8.78 Å². The second kappa shape index (κ2) is 3.05. The maximum atomic E-state index is 12.7. The van der Waals surface area contributed by atoms with Crippen LogP contribution in [-0.2, 0) is 0 Å². The Labute approximate surface area is 68.0 Å². The molecule has 0 saturated carbocycles. The molecule has 1 N–H and O–H groups in total. The Morgan fingerprint density at radius 1 is 1.27 bits per heavy atom. The molecule has 0 aliphatic carbocycles. The Bertz CT molecular complexity index is 252. The van der Waals surface area contributed by atoms with E-state index in [2.05, 4.69) is 5.32 Å². The van der Waals surface area contributed by atoms with E-state index in [1.807, 2.05) is 0 Å². The topological polar surface area (TPSA) is 12.0 Å². The van der Waals surface area contributed by atoms with Crippen LogP contribution in [0.3, 0.4) is 0 Å². The number of anilines is 1. The Kier molecular flexibility index (Phi) is 2.29. The summed E-state index contributed by atoms with van der Waals surface area (Å²) >= 11 is 5.37. The highest BCUT2D eigenvalue weighted by molar-refractivity contribution is 6.30. The molecule has 4 heteroatoms. The molecule has 0 heterocycles. The second-order valence-corrected chi connectivity index (χ2v) is 2.43. The number of nitrogens with one attached hydrogen (secondary N) is 1. The largest absolute Gasteiger partial charge is 0.383 e. The zero-order valence-electron chi connectivity index (χ0n) is 5.79. The Balaban J connectivity index is 3.25. The zero-order valence-corrected chi connectivity index (χ0v) is 6.54. The van der Waals surface area contributed by atoms with Gasteiger partial charge in [0.2, 0.25) is 0 Å². The molecular formula is C7H6ClF2N. The molecule has 0 atom stereocenters. The van der Waals surface area contributed by atoms with Crippen LogP contribution in [-0.4, -0.2) is 7.05 Å². The molecule has 0 spiro atoms. The molecule has 0 fully saturated rings. The lowest BCUT2D eigenvalue weighted by molar-refractivity contribution is 0.590. The van der Waals surface area contributed by atoms with Crippen molar-refractivity contribution in [2.24, 2.45) is 0 Å². The predicted octanol–water partition coefficient (Wildman–Crippen LogP) is 2.66. The lowest BCUT2D eigenvalue weighted by Crippen LogP contribution is -1.96. The fourth-order valence-corrected chi connectivity index (χ4v) is 0.973. The minimum atomic E-state index is -0.683. The van der Waals surface area contributed by atoms with Gasteiger partial charge in [-0.25, -0.2) is 8.78 Å². The minimum Gasteiger partial charge on any atom is -0.383 e. The van der Waals surface area contributed by atoms with E-state index in [1.165, 1.54) is 7.05 Å². The van der Waals surface area contributed by atoms with E-state index in [4.69, 9.17) is 11.6 Å². The average Bonchev–Trinajstić information content (AvgIpc) is 1.85. The third-order valence-corrected chi connectivity index (χ3v) is 1.48. The first-order chi connectivity index (χ1) is 5.15. The van der Waals surface area contributed by atoms with Crippen molar-refractivity contribution in [2.45, 2.75) is 0 Å². The fourth-order valence-electron chi connectivity index (χ4n) is 0.781. The number of halogens is 3. The van der Waals surface area contributed by atoms with E-state index < -0.39 is 11.6 Å². The first-order valence-corrected chi connectivity index (χ1v) is 3.35. The molecule has 1 aromatic rings. The summed E-state index contributed by atoms with van der Waals surface area (Å²) in [4.78, 5) is 0. The lowest BCUT2D eigenvalue weighted by atomic mass is 10.3. The highest BCUT2D eigenvalue weighted by atomic mass is 35.5. The molecule has 1 rings (SSSR count). The summed E-state index contributed by atoms with van der Waals surface area (Å²) in [5.74, 6) is -1.37. The molecule has 0 radical (unpaired) electrons. The van der Waals surface area contributed by atoms with Crippen LogP contribution in [0.5, 0.6) is 0 Å². The van der Waals surface area contributed by atoms with Crippen molar-refractivity contribution in [1.29, 1.82) is 0 Å². The number of hydrogen-bond donors (Lipinski definition) is 1. The first-order valence-electron chi connectivity index (χ1n) is 2.97. The smallest absolute Gasteiger partial charge is 0.150 e. The van der Waals surface area contributed by atoms with E-state index in [9.17, 15) is 8.78 Å². The van der Waals surface area contributed by atoms with E-state index in [0.717, 1.165) is 12.1 Å². The predicted molar refractivity (Wildman–Crippen MR) is 40.9 cm³/mol. The standard InChI is InChI=1S/C7H6ClF2N/c1-11-7-5(9)2-4(8)3-6(7)10/h2-3,11H,1H3. The fraction of sp³-hybridized carbons (Fsp3) is 0.143. The van der Waals surface area contributed by atoms with Crippen LogP contribution in [0.25, 0.3) is 0 Å². The van der Waals surface area contributed by atoms with Crippen LogP contribution in [0, 0.1) is 11.6 Å². The highest BCUT2D eigenvalue weighted by Gasteiger charge is 2.07. The van der Waals surface area contributed by atoms with Gasteiger partial charge in [-0.1, -0.05) is 11.6 Å². The molecule has 0 aliphatic heterocycles. The second-order valence-electron chi connectivity index (χ2n) is 1.99. The average molecular weight is 178 g/mol. The third-order valence-electron chi connectivity index (χ3n) is 1.26. The van der Waals surface area contributed by atoms with Crippen LogP contribution in [0.4, 0.5) is 14.5 Å². The van der Waals surface area contributed by atoms with Crippen molar-refractivity contribution in [1.82, 2.24) is 0 Å². The van der Waals surface area contributed by atoms with Gasteiger partial charge < -0.3 is 5.32 Å². The van der Waals surface area contributed by atoms with Crippen molar-refractivity contribution in [3.05, 3.63) is 28.8 Å². The quantitative estimate of drug-likeness (QED) is 0.696. The zero-order chi connectivity index (χ0) is 8.43. The van der Waals surface area contributed by atoms with Gasteiger partial charge in [-0.3, -0.25) is 0 Å². The van der Waals surface area contributed by atoms with Crippen LogP contribution < -0.4 is 5.32 Å². The van der Waals surface area contributed by atoms with Crippen molar-refractivity contribution in [3.63, 3.8) is 0 Å². The maximum absolute atomic E-state index is 12.7. The molecule has 0 bridgehead atoms. The summed E-state index contributed by atoms with van der Waals surface area (Å²) in [6.45, 7) is 0. The SMILES string of the molecule is CNc1c(F)cc(Cl)cc1F. The van der Waals surface area contributed by atoms with Crippen LogP contribution >= 0.6 is 11.6 Å². The van der Waals surface area contributed by atoms with Crippen LogP contribution in [0.2, 0.25) is 5.02 Å². The molecule has 11 heavy (non-hydrogen) atoms. The van der Waals surface area contributed by atoms with Crippen LogP contribution in [0.1, 0.15) is 0 Å². The first kappa shape index (κ1) is 8.27. The molecule has 1 aromatic carbocycles. The molecule has 0 amide bonds. The number of hydrogen-bond acceptors (Lipinski definition) is 1. The van der Waals surface area contributed by atoms with Gasteiger partial charge in [0, 0.05) is 12.1 Å². The van der Waals surface area contributed by atoms with Crippen LogP contribution in [0.15, 0.2) is 12.1 Å². The van der Waals surface area contributed by atoms with Crippen molar-refractivity contribution >= 4 is 17.3 Å². The van der Waals surface area contributed by atoms with E-state index >= 15 is 0 Å². The van der Waals surface area contributed by atoms with Gasteiger partial charge in [0.25, 0.3) is 0 Å². The normalized spacial score (nSPS) is 9.82. The summed E-state index contributed by atoms with van der Waals surface area (Å²) in [5.41, 5.74) is -0.158. The maximum Gasteiger partial charge on any atom is 0.150 e. The Hall–Kier alpha value is -0.830. The number of benzene rings is 1. The Morgan fingerprint density at radius 2 is 1.73 bits per heavy atom. The van der Waals surface area contributed by atoms with Gasteiger partial charge in [-0.2, -0.15) is 0 Å². The van der Waals surface area contributed by atoms with E-state index in [-0.39, 0.29) is 10.7 Å². The summed E-state index contributed by atoms with van der Waals surface area (Å²) in [6.07, 6.45) is 0. The van der Waals surface area contributed by atoms with Gasteiger partial charge in [-0.05, 0) is 12.1 Å². The molecule has 0 aromatic heterocycles.